The van der Waals surface area contributed by atoms with Crippen molar-refractivity contribution in [1.29, 1.82) is 0 Å². The van der Waals surface area contributed by atoms with E-state index in [9.17, 15) is 14.4 Å². The van der Waals surface area contributed by atoms with E-state index in [1.54, 1.807) is 35.4 Å². The molecule has 2 aromatic carbocycles. The number of aromatic nitrogens is 4. The molecule has 0 aliphatic carbocycles. The molecule has 10 heteroatoms. The normalized spacial score (nSPS) is 14.0. The van der Waals surface area contributed by atoms with Crippen molar-refractivity contribution >= 4 is 17.9 Å². The summed E-state index contributed by atoms with van der Waals surface area (Å²) < 4.78 is 20.0. The smallest absolute Gasteiger partial charge is 0.410 e. The number of rotatable bonds is 7. The minimum absolute atomic E-state index is 0.0862. The topological polar surface area (TPSA) is 93.4 Å². The van der Waals surface area contributed by atoms with Crippen molar-refractivity contribution in [2.24, 2.45) is 0 Å². The summed E-state index contributed by atoms with van der Waals surface area (Å²) >= 11 is 1.40. The molecule has 0 bridgehead atoms. The fraction of sp³-hybridized carbons (Fsp3) is 0.286. The molecule has 0 saturated carbocycles. The van der Waals surface area contributed by atoms with Gasteiger partial charge in [0.2, 0.25) is 0 Å². The lowest BCUT2D eigenvalue weighted by Gasteiger charge is -2.30. The van der Waals surface area contributed by atoms with E-state index in [-0.39, 0.29) is 18.6 Å². The van der Waals surface area contributed by atoms with Crippen LogP contribution in [0.1, 0.15) is 35.7 Å². The van der Waals surface area contributed by atoms with Crippen LogP contribution in [0.5, 0.6) is 0 Å². The number of imidazole rings is 1. The van der Waals surface area contributed by atoms with Crippen molar-refractivity contribution in [3.63, 3.8) is 0 Å². The average molecular weight is 534 g/mol. The van der Waals surface area contributed by atoms with Gasteiger partial charge in [0.25, 0.3) is 0 Å². The summed E-state index contributed by atoms with van der Waals surface area (Å²) in [5.41, 5.74) is 3.62. The van der Waals surface area contributed by atoms with Crippen molar-refractivity contribution in [2.45, 2.75) is 37.2 Å². The number of likely N-dealkylation sites (tertiary alicyclic amines) is 1. The van der Waals surface area contributed by atoms with Gasteiger partial charge in [-0.1, -0.05) is 60.3 Å². The van der Waals surface area contributed by atoms with E-state index in [1.165, 1.54) is 11.8 Å². The maximum Gasteiger partial charge on any atom is 0.410 e. The minimum Gasteiger partial charge on any atom is -0.445 e. The fourth-order valence-electron chi connectivity index (χ4n) is 4.63. The quantitative estimate of drug-likeness (QED) is 0.178. The predicted octanol–water partition coefficient (Wildman–Crippen LogP) is 5.95. The van der Waals surface area contributed by atoms with E-state index in [0.717, 1.165) is 10.3 Å². The second-order valence-corrected chi connectivity index (χ2v) is 9.82. The van der Waals surface area contributed by atoms with Crippen LogP contribution in [0, 0.1) is 0 Å². The summed E-state index contributed by atoms with van der Waals surface area (Å²) in [6.07, 6.45) is 4.39. The Morgan fingerprint density at radius 3 is 2.58 bits per heavy atom. The molecule has 196 valence electrons. The molecule has 1 aliphatic rings. The number of nitrogens with zero attached hydrogens (tertiary/aromatic N) is 5. The summed E-state index contributed by atoms with van der Waals surface area (Å²) in [4.78, 5) is 28.0. The largest absolute Gasteiger partial charge is 0.445 e. The molecule has 2 aromatic heterocycles. The zero-order valence-electron chi connectivity index (χ0n) is 21.0. The zero-order valence-corrected chi connectivity index (χ0v) is 21.8. The first kappa shape index (κ1) is 25.7. The van der Waals surface area contributed by atoms with Crippen LogP contribution in [0.15, 0.2) is 72.0 Å². The van der Waals surface area contributed by atoms with Gasteiger partial charge in [-0.25, -0.2) is 24.1 Å². The van der Waals surface area contributed by atoms with Gasteiger partial charge in [-0.2, -0.15) is 4.73 Å². The summed E-state index contributed by atoms with van der Waals surface area (Å²) in [6.45, 7) is 0.593. The van der Waals surface area contributed by atoms with Crippen molar-refractivity contribution in [1.82, 2.24) is 24.6 Å². The Morgan fingerprint density at radius 2 is 1.84 bits per heavy atom. The van der Waals surface area contributed by atoms with Crippen LogP contribution in [-0.2, 0) is 18.0 Å². The molecule has 1 N–H and O–H groups in total. The van der Waals surface area contributed by atoms with Crippen molar-refractivity contribution < 1.29 is 19.1 Å². The lowest BCUT2D eigenvalue weighted by Crippen LogP contribution is -2.38. The van der Waals surface area contributed by atoms with Gasteiger partial charge < -0.3 is 14.8 Å². The van der Waals surface area contributed by atoms with Crippen molar-refractivity contribution in [3.05, 3.63) is 83.8 Å². The van der Waals surface area contributed by atoms with Crippen LogP contribution >= 0.6 is 11.8 Å². The van der Waals surface area contributed by atoms with Crippen molar-refractivity contribution in [3.8, 4) is 22.6 Å². The van der Waals surface area contributed by atoms with Gasteiger partial charge in [0.15, 0.2) is 5.16 Å². The first-order chi connectivity index (χ1) is 18.6. The van der Waals surface area contributed by atoms with E-state index in [2.05, 4.69) is 9.97 Å². The third-order valence-corrected chi connectivity index (χ3v) is 7.18. The van der Waals surface area contributed by atoms with Gasteiger partial charge in [-0.05, 0) is 42.4 Å². The third kappa shape index (κ3) is 5.50. The first-order valence-corrected chi connectivity index (χ1v) is 13.6. The second-order valence-electron chi connectivity index (χ2n) is 9.04. The molecule has 5 rings (SSSR count). The molecule has 0 unspecified atom stereocenters. The SMILES string of the molecule is CSc1nccc(-c2c(-c3cccc(CF)c3)nc(C3CCN(C(=O)OCc4ccccc4)CC3)n2O)n1. The molecule has 1 amide bonds. The van der Waals surface area contributed by atoms with Crippen LogP contribution in [0.2, 0.25) is 0 Å². The average Bonchev–Trinajstić information content (AvgIpc) is 3.33. The number of hydrogen-bond donors (Lipinski definition) is 1. The van der Waals surface area contributed by atoms with E-state index in [0.29, 0.717) is 65.1 Å². The van der Waals surface area contributed by atoms with E-state index >= 15 is 0 Å². The number of carbonyl (C=O) groups excluding carboxylic acids is 1. The fourth-order valence-corrected chi connectivity index (χ4v) is 4.98. The number of carbonyl (C=O) groups is 1. The molecule has 1 aliphatic heterocycles. The zero-order chi connectivity index (χ0) is 26.5. The van der Waals surface area contributed by atoms with Crippen LogP contribution in [-0.4, -0.2) is 55.2 Å². The first-order valence-electron chi connectivity index (χ1n) is 12.4. The second kappa shape index (κ2) is 11.6. The number of amides is 1. The van der Waals surface area contributed by atoms with Gasteiger partial charge in [0.05, 0.1) is 5.69 Å². The highest BCUT2D eigenvalue weighted by Gasteiger charge is 2.31. The van der Waals surface area contributed by atoms with E-state index in [1.807, 2.05) is 42.7 Å². The maximum absolute atomic E-state index is 13.4. The Kier molecular flexibility index (Phi) is 7.88. The number of thioether (sulfide) groups is 1. The summed E-state index contributed by atoms with van der Waals surface area (Å²) in [6, 6.07) is 18.4. The molecular weight excluding hydrogens is 505 g/mol. The van der Waals surface area contributed by atoms with Gasteiger partial charge >= 0.3 is 6.09 Å². The molecule has 0 spiro atoms. The Balaban J connectivity index is 1.39. The summed E-state index contributed by atoms with van der Waals surface area (Å²) in [7, 11) is 0. The molecule has 1 saturated heterocycles. The highest BCUT2D eigenvalue weighted by molar-refractivity contribution is 7.98. The molecular formula is C28H28FN5O3S. The highest BCUT2D eigenvalue weighted by Crippen LogP contribution is 2.37. The number of hydrogen-bond acceptors (Lipinski definition) is 7. The van der Waals surface area contributed by atoms with E-state index < -0.39 is 6.67 Å². The van der Waals surface area contributed by atoms with Gasteiger partial charge in [-0.3, -0.25) is 0 Å². The molecule has 0 radical (unpaired) electrons. The molecule has 3 heterocycles. The monoisotopic (exact) mass is 533 g/mol. The van der Waals surface area contributed by atoms with Crippen LogP contribution in [0.25, 0.3) is 22.6 Å². The Labute approximate surface area is 224 Å². The number of benzene rings is 2. The van der Waals surface area contributed by atoms with Gasteiger partial charge in [0.1, 0.15) is 30.5 Å². The lowest BCUT2D eigenvalue weighted by atomic mass is 9.96. The molecule has 0 atom stereocenters. The highest BCUT2D eigenvalue weighted by atomic mass is 32.2. The molecule has 1 fully saturated rings. The Morgan fingerprint density at radius 1 is 1.08 bits per heavy atom. The number of alkyl halides is 1. The predicted molar refractivity (Wildman–Crippen MR) is 143 cm³/mol. The number of ether oxygens (including phenoxy) is 1. The minimum atomic E-state index is -0.598. The maximum atomic E-state index is 13.4. The molecule has 8 nitrogen and oxygen atoms in total. The van der Waals surface area contributed by atoms with Crippen LogP contribution in [0.4, 0.5) is 9.18 Å². The van der Waals surface area contributed by atoms with Crippen LogP contribution in [0.3, 0.4) is 0 Å². The van der Waals surface area contributed by atoms with Gasteiger partial charge in [-0.15, -0.1) is 0 Å². The molecule has 38 heavy (non-hydrogen) atoms. The Hall–Kier alpha value is -3.92. The summed E-state index contributed by atoms with van der Waals surface area (Å²) in [5, 5.41) is 11.9. The Bertz CT molecular complexity index is 1410. The third-order valence-electron chi connectivity index (χ3n) is 6.62. The van der Waals surface area contributed by atoms with Crippen LogP contribution < -0.4 is 0 Å². The summed E-state index contributed by atoms with van der Waals surface area (Å²) in [5.74, 6) is 0.402. The number of piperidine rings is 1. The lowest BCUT2D eigenvalue weighted by molar-refractivity contribution is 0.0846. The number of halogens is 1. The van der Waals surface area contributed by atoms with E-state index in [4.69, 9.17) is 9.72 Å². The van der Waals surface area contributed by atoms with Gasteiger partial charge in [0, 0.05) is 30.8 Å². The standard InChI is InChI=1S/C28H28FN5O3S/c1-38-27-30-13-10-23(31-27)25-24(22-9-5-8-20(16-22)17-29)32-26(34(25)36)21-11-14-33(15-12-21)28(35)37-18-19-6-3-2-4-7-19/h2-10,13,16,21,36H,11-12,14-15,17-18H2,1H3. The van der Waals surface area contributed by atoms with Crippen molar-refractivity contribution in [2.75, 3.05) is 19.3 Å². The molecule has 4 aromatic rings.